The van der Waals surface area contributed by atoms with Gasteiger partial charge >= 0.3 is 0 Å². The van der Waals surface area contributed by atoms with Crippen molar-refractivity contribution in [3.8, 4) is 11.5 Å². The molecule has 0 unspecified atom stereocenters. The standard InChI is InChI=1S/C38H58O4/c1-4-5-6-7-8-9-10-11-12-13-14-15-16-17-18-19-22-32-25-26-35-36(31-32)38(42-30-28-40-3)34-24-21-20-23-33(34)37(35)41-29-27-39-2/h20-21,23-26,31H,4-19,22,27-30H2,1-3H3. The van der Waals surface area contributed by atoms with Crippen molar-refractivity contribution in [2.24, 2.45) is 0 Å². The van der Waals surface area contributed by atoms with Crippen LogP contribution < -0.4 is 9.47 Å². The number of hydrogen-bond donors (Lipinski definition) is 0. The fourth-order valence-electron chi connectivity index (χ4n) is 5.94. The van der Waals surface area contributed by atoms with Crippen LogP contribution in [0.5, 0.6) is 11.5 Å². The van der Waals surface area contributed by atoms with Gasteiger partial charge in [0.1, 0.15) is 24.7 Å². The van der Waals surface area contributed by atoms with Gasteiger partial charge in [-0.15, -0.1) is 0 Å². The van der Waals surface area contributed by atoms with E-state index < -0.39 is 0 Å². The minimum absolute atomic E-state index is 0.514. The second-order valence-corrected chi connectivity index (χ2v) is 11.8. The van der Waals surface area contributed by atoms with Gasteiger partial charge in [-0.1, -0.05) is 140 Å². The third-order valence-corrected chi connectivity index (χ3v) is 8.38. The zero-order valence-electron chi connectivity index (χ0n) is 27.0. The third-order valence-electron chi connectivity index (χ3n) is 8.38. The molecule has 0 aromatic heterocycles. The lowest BCUT2D eigenvalue weighted by atomic mass is 9.96. The number of unbranched alkanes of at least 4 members (excludes halogenated alkanes) is 15. The largest absolute Gasteiger partial charge is 0.490 e. The maximum absolute atomic E-state index is 6.34. The van der Waals surface area contributed by atoms with E-state index in [0.717, 1.165) is 39.5 Å². The van der Waals surface area contributed by atoms with E-state index in [1.165, 1.54) is 108 Å². The molecule has 0 amide bonds. The van der Waals surface area contributed by atoms with Gasteiger partial charge in [0.15, 0.2) is 0 Å². The summed E-state index contributed by atoms with van der Waals surface area (Å²) in [4.78, 5) is 0. The summed E-state index contributed by atoms with van der Waals surface area (Å²) >= 11 is 0. The predicted octanol–water partition coefficient (Wildman–Crippen LogP) is 10.8. The summed E-state index contributed by atoms with van der Waals surface area (Å²) in [5, 5.41) is 4.35. The molecule has 0 aliphatic heterocycles. The maximum Gasteiger partial charge on any atom is 0.135 e. The molecule has 4 heteroatoms. The van der Waals surface area contributed by atoms with Gasteiger partial charge in [-0.2, -0.15) is 0 Å². The van der Waals surface area contributed by atoms with E-state index in [1.54, 1.807) is 14.2 Å². The Hall–Kier alpha value is -2.30. The minimum Gasteiger partial charge on any atom is -0.490 e. The lowest BCUT2D eigenvalue weighted by molar-refractivity contribution is 0.147. The van der Waals surface area contributed by atoms with Crippen LogP contribution in [0.15, 0.2) is 42.5 Å². The number of hydrogen-bond acceptors (Lipinski definition) is 4. The summed E-state index contributed by atoms with van der Waals surface area (Å²) in [7, 11) is 3.42. The van der Waals surface area contributed by atoms with E-state index in [4.69, 9.17) is 18.9 Å². The van der Waals surface area contributed by atoms with Crippen molar-refractivity contribution in [3.63, 3.8) is 0 Å². The summed E-state index contributed by atoms with van der Waals surface area (Å²) in [5.74, 6) is 1.83. The van der Waals surface area contributed by atoms with Gasteiger partial charge < -0.3 is 18.9 Å². The Kier molecular flexibility index (Phi) is 17.4. The highest BCUT2D eigenvalue weighted by Crippen LogP contribution is 2.43. The monoisotopic (exact) mass is 578 g/mol. The Morgan fingerprint density at radius 3 is 1.36 bits per heavy atom. The molecular weight excluding hydrogens is 520 g/mol. The first kappa shape index (κ1) is 34.2. The first-order valence-electron chi connectivity index (χ1n) is 17.0. The first-order chi connectivity index (χ1) is 20.8. The number of aryl methyl sites for hydroxylation is 1. The van der Waals surface area contributed by atoms with Crippen LogP contribution in [0, 0.1) is 0 Å². The quantitative estimate of drug-likeness (QED) is 0.0740. The molecule has 0 N–H and O–H groups in total. The summed E-state index contributed by atoms with van der Waals surface area (Å²) < 4.78 is 23.2. The van der Waals surface area contributed by atoms with Crippen molar-refractivity contribution in [2.75, 3.05) is 40.6 Å². The van der Waals surface area contributed by atoms with Gasteiger partial charge in [0.2, 0.25) is 0 Å². The van der Waals surface area contributed by atoms with E-state index in [-0.39, 0.29) is 0 Å². The van der Waals surface area contributed by atoms with Crippen LogP contribution in [0.2, 0.25) is 0 Å². The van der Waals surface area contributed by atoms with Gasteiger partial charge in [-0.25, -0.2) is 0 Å². The van der Waals surface area contributed by atoms with Crippen molar-refractivity contribution >= 4 is 21.5 Å². The molecule has 0 heterocycles. The SMILES string of the molecule is CCCCCCCCCCCCCCCCCCc1ccc2c(OCCOC)c3ccccc3c(OCCOC)c2c1. The summed E-state index contributed by atoms with van der Waals surface area (Å²) in [6.45, 7) is 4.44. The van der Waals surface area contributed by atoms with Crippen LogP contribution in [0.4, 0.5) is 0 Å². The van der Waals surface area contributed by atoms with E-state index in [9.17, 15) is 0 Å². The lowest BCUT2D eigenvalue weighted by Gasteiger charge is -2.18. The molecule has 0 atom stereocenters. The molecule has 0 saturated heterocycles. The molecule has 3 aromatic rings. The Balaban J connectivity index is 1.46. The molecule has 42 heavy (non-hydrogen) atoms. The number of benzene rings is 3. The van der Waals surface area contributed by atoms with Gasteiger partial charge in [-0.3, -0.25) is 0 Å². The summed E-state index contributed by atoms with van der Waals surface area (Å²) in [6, 6.07) is 15.2. The van der Waals surface area contributed by atoms with Gasteiger partial charge in [0.25, 0.3) is 0 Å². The van der Waals surface area contributed by atoms with Gasteiger partial charge in [0.05, 0.1) is 13.2 Å². The second kappa shape index (κ2) is 21.4. The highest BCUT2D eigenvalue weighted by atomic mass is 16.5. The van der Waals surface area contributed by atoms with E-state index >= 15 is 0 Å². The first-order valence-corrected chi connectivity index (χ1v) is 17.0. The van der Waals surface area contributed by atoms with E-state index in [1.807, 2.05) is 0 Å². The normalized spacial score (nSPS) is 11.5. The molecule has 0 aliphatic rings. The third kappa shape index (κ3) is 11.8. The smallest absolute Gasteiger partial charge is 0.135 e. The van der Waals surface area contributed by atoms with Crippen molar-refractivity contribution in [3.05, 3.63) is 48.0 Å². The zero-order valence-corrected chi connectivity index (χ0v) is 27.0. The number of methoxy groups -OCH3 is 2. The number of ether oxygens (including phenoxy) is 4. The fraction of sp³-hybridized carbons (Fsp3) is 0.632. The van der Waals surface area contributed by atoms with Crippen molar-refractivity contribution in [1.29, 1.82) is 0 Å². The summed E-state index contributed by atoms with van der Waals surface area (Å²) in [6.07, 6.45) is 23.4. The Morgan fingerprint density at radius 2 is 0.881 bits per heavy atom. The van der Waals surface area contributed by atoms with Crippen molar-refractivity contribution < 1.29 is 18.9 Å². The molecule has 0 spiro atoms. The van der Waals surface area contributed by atoms with Crippen molar-refractivity contribution in [2.45, 2.75) is 116 Å². The van der Waals surface area contributed by atoms with Gasteiger partial charge in [-0.05, 0) is 24.5 Å². The van der Waals surface area contributed by atoms with E-state index in [0.29, 0.717) is 26.4 Å². The topological polar surface area (TPSA) is 36.9 Å². The lowest BCUT2D eigenvalue weighted by Crippen LogP contribution is -2.07. The predicted molar refractivity (Wildman–Crippen MR) is 179 cm³/mol. The molecule has 234 valence electrons. The molecule has 3 aromatic carbocycles. The fourth-order valence-corrected chi connectivity index (χ4v) is 5.94. The Bertz CT molecular complexity index is 1120. The molecule has 4 nitrogen and oxygen atoms in total. The van der Waals surface area contributed by atoms with E-state index in [2.05, 4.69) is 49.4 Å². The average Bonchev–Trinajstić information content (AvgIpc) is 3.01. The number of rotatable bonds is 25. The van der Waals surface area contributed by atoms with Crippen LogP contribution in [0.1, 0.15) is 115 Å². The Labute approximate surface area is 256 Å². The second-order valence-electron chi connectivity index (χ2n) is 11.8. The van der Waals surface area contributed by atoms with Crippen LogP contribution >= 0.6 is 0 Å². The Morgan fingerprint density at radius 1 is 0.452 bits per heavy atom. The molecular formula is C38H58O4. The average molecular weight is 579 g/mol. The molecule has 0 saturated carbocycles. The molecule has 3 rings (SSSR count). The van der Waals surface area contributed by atoms with Crippen LogP contribution in [-0.2, 0) is 15.9 Å². The van der Waals surface area contributed by atoms with Crippen LogP contribution in [0.25, 0.3) is 21.5 Å². The minimum atomic E-state index is 0.514. The zero-order chi connectivity index (χ0) is 29.7. The van der Waals surface area contributed by atoms with Crippen molar-refractivity contribution in [1.82, 2.24) is 0 Å². The van der Waals surface area contributed by atoms with Crippen LogP contribution in [0.3, 0.4) is 0 Å². The summed E-state index contributed by atoms with van der Waals surface area (Å²) in [5.41, 5.74) is 1.36. The maximum atomic E-state index is 6.34. The highest BCUT2D eigenvalue weighted by Gasteiger charge is 2.17. The van der Waals surface area contributed by atoms with Gasteiger partial charge in [0, 0.05) is 35.8 Å². The molecule has 0 radical (unpaired) electrons. The number of fused-ring (bicyclic) bond motifs is 2. The van der Waals surface area contributed by atoms with Crippen LogP contribution in [-0.4, -0.2) is 40.6 Å². The molecule has 0 bridgehead atoms. The highest BCUT2D eigenvalue weighted by molar-refractivity contribution is 6.11. The molecule has 0 fully saturated rings. The molecule has 0 aliphatic carbocycles.